The molecule has 5 nitrogen and oxygen atoms in total. The van der Waals surface area contributed by atoms with Gasteiger partial charge >= 0.3 is 5.97 Å². The smallest absolute Gasteiger partial charge is 0.308 e. The number of allylic oxidation sites excluding steroid dienone is 2. The molecule has 1 aromatic carbocycles. The van der Waals surface area contributed by atoms with Crippen molar-refractivity contribution in [3.8, 4) is 5.75 Å². The summed E-state index contributed by atoms with van der Waals surface area (Å²) in [5.74, 6) is -0.778. The van der Waals surface area contributed by atoms with Crippen LogP contribution in [0.2, 0.25) is 0 Å². The Kier molecular flexibility index (Phi) is 3.56. The number of ether oxygens (including phenoxy) is 1. The third-order valence-electron chi connectivity index (χ3n) is 4.23. The van der Waals surface area contributed by atoms with Gasteiger partial charge in [-0.15, -0.1) is 0 Å². The number of anilines is 1. The maximum absolute atomic E-state index is 12.6. The maximum Gasteiger partial charge on any atom is 0.308 e. The van der Waals surface area contributed by atoms with Gasteiger partial charge in [-0.2, -0.15) is 0 Å². The van der Waals surface area contributed by atoms with Gasteiger partial charge in [-0.1, -0.05) is 19.1 Å². The number of carbonyl (C=O) groups excluding carboxylic acids is 3. The number of carbonyl (C=O) groups is 3. The van der Waals surface area contributed by atoms with Gasteiger partial charge in [-0.05, 0) is 36.6 Å². The Hall–Kier alpha value is -2.43. The normalized spacial score (nSPS) is 27.0. The highest BCUT2D eigenvalue weighted by Gasteiger charge is 2.50. The SMILES string of the molecule is CC(=O)Oc1ccc(N2C(=O)[C@@H]3[C@H](C)C=CC[C@@H]3C2=O)cc1. The third-order valence-corrected chi connectivity index (χ3v) is 4.23. The largest absolute Gasteiger partial charge is 0.427 e. The lowest BCUT2D eigenvalue weighted by atomic mass is 9.78. The van der Waals surface area contributed by atoms with Crippen molar-refractivity contribution in [1.82, 2.24) is 0 Å². The number of hydrogen-bond donors (Lipinski definition) is 0. The zero-order chi connectivity index (χ0) is 15.9. The molecule has 0 bridgehead atoms. The van der Waals surface area contributed by atoms with Crippen LogP contribution in [-0.4, -0.2) is 17.8 Å². The molecule has 22 heavy (non-hydrogen) atoms. The van der Waals surface area contributed by atoms with Crippen LogP contribution < -0.4 is 9.64 Å². The van der Waals surface area contributed by atoms with Crippen LogP contribution in [0, 0.1) is 17.8 Å². The molecule has 5 heteroatoms. The minimum atomic E-state index is -0.410. The number of rotatable bonds is 2. The molecule has 3 rings (SSSR count). The maximum atomic E-state index is 12.6. The summed E-state index contributed by atoms with van der Waals surface area (Å²) in [7, 11) is 0. The zero-order valence-corrected chi connectivity index (χ0v) is 12.5. The lowest BCUT2D eigenvalue weighted by molar-refractivity contribution is -0.132. The Bertz CT molecular complexity index is 662. The van der Waals surface area contributed by atoms with Crippen molar-refractivity contribution in [3.05, 3.63) is 36.4 Å². The van der Waals surface area contributed by atoms with Crippen LogP contribution in [0.5, 0.6) is 5.75 Å². The van der Waals surface area contributed by atoms with Crippen molar-refractivity contribution in [3.63, 3.8) is 0 Å². The Morgan fingerprint density at radius 3 is 2.45 bits per heavy atom. The number of nitrogens with zero attached hydrogens (tertiary/aromatic N) is 1. The van der Waals surface area contributed by atoms with Crippen LogP contribution in [0.15, 0.2) is 36.4 Å². The Labute approximate surface area is 128 Å². The van der Waals surface area contributed by atoms with Gasteiger partial charge < -0.3 is 4.74 Å². The van der Waals surface area contributed by atoms with E-state index in [-0.39, 0.29) is 29.6 Å². The predicted molar refractivity (Wildman–Crippen MR) is 80.1 cm³/mol. The highest BCUT2D eigenvalue weighted by Crippen LogP contribution is 2.40. The molecule has 0 N–H and O–H groups in total. The predicted octanol–water partition coefficient (Wildman–Crippen LogP) is 2.31. The number of benzene rings is 1. The molecule has 1 saturated heterocycles. The van der Waals surface area contributed by atoms with Crippen molar-refractivity contribution in [2.24, 2.45) is 17.8 Å². The van der Waals surface area contributed by atoms with Crippen molar-refractivity contribution >= 4 is 23.5 Å². The molecule has 0 radical (unpaired) electrons. The van der Waals surface area contributed by atoms with Crippen LogP contribution in [-0.2, 0) is 14.4 Å². The summed E-state index contributed by atoms with van der Waals surface area (Å²) in [6, 6.07) is 6.43. The Morgan fingerprint density at radius 1 is 1.18 bits per heavy atom. The van der Waals surface area contributed by atoms with E-state index in [1.165, 1.54) is 11.8 Å². The van der Waals surface area contributed by atoms with Gasteiger partial charge in [-0.3, -0.25) is 19.3 Å². The molecule has 1 heterocycles. The summed E-state index contributed by atoms with van der Waals surface area (Å²) < 4.78 is 4.96. The van der Waals surface area contributed by atoms with E-state index >= 15 is 0 Å². The standard InChI is InChI=1S/C17H17NO4/c1-10-4-3-5-14-15(10)17(21)18(16(14)20)12-6-8-13(9-7-12)22-11(2)19/h3-4,6-10,14-15H,5H2,1-2H3/t10-,14+,15-/m1/s1. The van der Waals surface area contributed by atoms with Gasteiger partial charge in [0.25, 0.3) is 0 Å². The van der Waals surface area contributed by atoms with Gasteiger partial charge in [0.15, 0.2) is 0 Å². The minimum absolute atomic E-state index is 0.0699. The average molecular weight is 299 g/mol. The second kappa shape index (κ2) is 5.40. The summed E-state index contributed by atoms with van der Waals surface area (Å²) in [6.07, 6.45) is 4.59. The van der Waals surface area contributed by atoms with Gasteiger partial charge in [-0.25, -0.2) is 0 Å². The summed E-state index contributed by atoms with van der Waals surface area (Å²) in [5.41, 5.74) is 0.521. The molecule has 1 aliphatic heterocycles. The average Bonchev–Trinajstić information content (AvgIpc) is 2.73. The van der Waals surface area contributed by atoms with Crippen molar-refractivity contribution in [2.45, 2.75) is 20.3 Å². The van der Waals surface area contributed by atoms with Gasteiger partial charge in [0.05, 0.1) is 17.5 Å². The van der Waals surface area contributed by atoms with Gasteiger partial charge in [0, 0.05) is 6.92 Å². The molecular weight excluding hydrogens is 282 g/mol. The van der Waals surface area contributed by atoms with E-state index in [0.29, 0.717) is 17.9 Å². The fourth-order valence-electron chi connectivity index (χ4n) is 3.23. The van der Waals surface area contributed by atoms with E-state index in [1.807, 2.05) is 19.1 Å². The monoisotopic (exact) mass is 299 g/mol. The number of fused-ring (bicyclic) bond motifs is 1. The lowest BCUT2D eigenvalue weighted by Crippen LogP contribution is -2.31. The highest BCUT2D eigenvalue weighted by molar-refractivity contribution is 6.22. The quantitative estimate of drug-likeness (QED) is 0.364. The topological polar surface area (TPSA) is 63.7 Å². The van der Waals surface area contributed by atoms with E-state index in [0.717, 1.165) is 0 Å². The van der Waals surface area contributed by atoms with Crippen LogP contribution >= 0.6 is 0 Å². The van der Waals surface area contributed by atoms with Crippen molar-refractivity contribution < 1.29 is 19.1 Å². The van der Waals surface area contributed by atoms with E-state index in [1.54, 1.807) is 24.3 Å². The van der Waals surface area contributed by atoms with E-state index in [2.05, 4.69) is 0 Å². The minimum Gasteiger partial charge on any atom is -0.427 e. The van der Waals surface area contributed by atoms with E-state index in [4.69, 9.17) is 4.74 Å². The molecule has 0 aromatic heterocycles. The van der Waals surface area contributed by atoms with Crippen LogP contribution in [0.4, 0.5) is 5.69 Å². The number of hydrogen-bond acceptors (Lipinski definition) is 4. The molecule has 2 amide bonds. The number of amides is 2. The third kappa shape index (κ3) is 2.32. The molecular formula is C17H17NO4. The van der Waals surface area contributed by atoms with Crippen LogP contribution in [0.25, 0.3) is 0 Å². The fraction of sp³-hybridized carbons (Fsp3) is 0.353. The van der Waals surface area contributed by atoms with Crippen LogP contribution in [0.3, 0.4) is 0 Å². The fourth-order valence-corrected chi connectivity index (χ4v) is 3.23. The van der Waals surface area contributed by atoms with Gasteiger partial charge in [0.1, 0.15) is 5.75 Å². The Morgan fingerprint density at radius 2 is 1.86 bits per heavy atom. The first kappa shape index (κ1) is 14.5. The van der Waals surface area contributed by atoms with E-state index in [9.17, 15) is 14.4 Å². The van der Waals surface area contributed by atoms with Gasteiger partial charge in [0.2, 0.25) is 11.8 Å². The van der Waals surface area contributed by atoms with Crippen LogP contribution in [0.1, 0.15) is 20.3 Å². The first-order chi connectivity index (χ1) is 10.5. The molecule has 1 aromatic rings. The zero-order valence-electron chi connectivity index (χ0n) is 12.5. The molecule has 114 valence electrons. The van der Waals surface area contributed by atoms with Crippen molar-refractivity contribution in [1.29, 1.82) is 0 Å². The summed E-state index contributed by atoms with van der Waals surface area (Å²) in [4.78, 5) is 37.3. The van der Waals surface area contributed by atoms with Crippen molar-refractivity contribution in [2.75, 3.05) is 4.90 Å². The molecule has 1 aliphatic carbocycles. The molecule has 1 fully saturated rings. The summed E-state index contributed by atoms with van der Waals surface area (Å²) in [5, 5.41) is 0. The second-order valence-corrected chi connectivity index (χ2v) is 5.75. The highest BCUT2D eigenvalue weighted by atomic mass is 16.5. The lowest BCUT2D eigenvalue weighted by Gasteiger charge is -2.22. The molecule has 3 atom stereocenters. The first-order valence-corrected chi connectivity index (χ1v) is 7.32. The number of imide groups is 1. The molecule has 0 unspecified atom stereocenters. The summed E-state index contributed by atoms with van der Waals surface area (Å²) >= 11 is 0. The Balaban J connectivity index is 1.87. The van der Waals surface area contributed by atoms with E-state index < -0.39 is 5.97 Å². The first-order valence-electron chi connectivity index (χ1n) is 7.32. The summed E-state index contributed by atoms with van der Waals surface area (Å²) in [6.45, 7) is 3.28. The number of esters is 1. The molecule has 2 aliphatic rings. The molecule has 0 saturated carbocycles. The molecule has 0 spiro atoms. The second-order valence-electron chi connectivity index (χ2n) is 5.75.